The molecule has 260 valence electrons. The average molecular weight is 661 g/mol. The first-order chi connectivity index (χ1) is 23.1. The van der Waals surface area contributed by atoms with Crippen LogP contribution in [0.3, 0.4) is 0 Å². The zero-order valence-corrected chi connectivity index (χ0v) is 28.7. The molecule has 2 aromatic rings. The Bertz CT molecular complexity index is 1430. The molecule has 0 spiro atoms. The van der Waals surface area contributed by atoms with E-state index in [9.17, 15) is 19.5 Å². The Morgan fingerprint density at radius 3 is 2.54 bits per heavy atom. The number of hydrogen-bond acceptors (Lipinski definition) is 7. The third kappa shape index (κ3) is 8.35. The highest BCUT2D eigenvalue weighted by atomic mass is 16.5. The minimum Gasteiger partial charge on any atom is -0.497 e. The number of carbonyl (C=O) groups excluding carboxylic acids is 3. The van der Waals surface area contributed by atoms with Crippen molar-refractivity contribution in [3.05, 3.63) is 90.5 Å². The Morgan fingerprint density at radius 1 is 1.15 bits per heavy atom. The number of benzene rings is 2. The predicted molar refractivity (Wildman–Crippen MR) is 186 cm³/mol. The molecule has 0 radical (unpaired) electrons. The normalized spacial score (nSPS) is 22.7. The monoisotopic (exact) mass is 660 g/mol. The standard InChI is InChI=1S/C38H52N4O6/c1-7-13-33(42-19-18-38(37(42)46,25(4)9-3)41-26(5)43)36(45)40-32(21-27-14-11-10-12-15-27)34(44)24-39-31-23-35(48-20-8-2)29-17-16-28(47-6)22-30(29)31/h7-8,10-12,14-17,22,25,31-35,39,44H,1-2,9,13,18-21,23-24H2,3-6H3,(H,40,45)(H,41,43)/t25?,31-,32-,33-,34+,35+,38-/m0/s1. The molecular formula is C38H52N4O6. The van der Waals surface area contributed by atoms with E-state index in [4.69, 9.17) is 9.47 Å². The summed E-state index contributed by atoms with van der Waals surface area (Å²) in [5, 5.41) is 21.2. The molecule has 10 nitrogen and oxygen atoms in total. The highest BCUT2D eigenvalue weighted by molar-refractivity contribution is 5.96. The van der Waals surface area contributed by atoms with Gasteiger partial charge in [-0.1, -0.05) is 68.8 Å². The predicted octanol–water partition coefficient (Wildman–Crippen LogP) is 4.16. The Hall–Kier alpha value is -3.99. The van der Waals surface area contributed by atoms with Crippen molar-refractivity contribution in [2.75, 3.05) is 26.8 Å². The number of aliphatic hydroxyl groups excluding tert-OH is 1. The molecule has 1 aliphatic carbocycles. The van der Waals surface area contributed by atoms with Gasteiger partial charge in [-0.2, -0.15) is 0 Å². The van der Waals surface area contributed by atoms with Crippen LogP contribution in [0.1, 0.15) is 75.3 Å². The van der Waals surface area contributed by atoms with Crippen molar-refractivity contribution in [1.29, 1.82) is 0 Å². The van der Waals surface area contributed by atoms with Crippen molar-refractivity contribution in [3.8, 4) is 5.75 Å². The first-order valence-electron chi connectivity index (χ1n) is 16.9. The topological polar surface area (TPSA) is 129 Å². The summed E-state index contributed by atoms with van der Waals surface area (Å²) < 4.78 is 11.5. The lowest BCUT2D eigenvalue weighted by Crippen LogP contribution is -2.60. The summed E-state index contributed by atoms with van der Waals surface area (Å²) in [6, 6.07) is 14.0. The number of ether oxygens (including phenoxy) is 2. The van der Waals surface area contributed by atoms with E-state index in [2.05, 4.69) is 29.1 Å². The number of nitrogens with zero attached hydrogens (tertiary/aromatic N) is 1. The molecule has 3 amide bonds. The fourth-order valence-corrected chi connectivity index (χ4v) is 7.07. The summed E-state index contributed by atoms with van der Waals surface area (Å²) in [4.78, 5) is 41.8. The summed E-state index contributed by atoms with van der Waals surface area (Å²) in [5.41, 5.74) is 1.99. The minimum atomic E-state index is -1.07. The zero-order valence-electron chi connectivity index (χ0n) is 28.7. The molecule has 48 heavy (non-hydrogen) atoms. The van der Waals surface area contributed by atoms with Gasteiger partial charge in [-0.3, -0.25) is 14.4 Å². The minimum absolute atomic E-state index is 0.106. The van der Waals surface area contributed by atoms with Crippen LogP contribution in [0.2, 0.25) is 0 Å². The van der Waals surface area contributed by atoms with E-state index in [0.29, 0.717) is 38.8 Å². The van der Waals surface area contributed by atoms with Crippen LogP contribution in [-0.4, -0.2) is 78.3 Å². The average Bonchev–Trinajstić information content (AvgIpc) is 3.60. The van der Waals surface area contributed by atoms with Gasteiger partial charge in [0, 0.05) is 26.1 Å². The van der Waals surface area contributed by atoms with E-state index in [1.807, 2.05) is 62.4 Å². The van der Waals surface area contributed by atoms with Crippen LogP contribution in [0.4, 0.5) is 0 Å². The molecule has 2 aromatic carbocycles. The van der Waals surface area contributed by atoms with Crippen molar-refractivity contribution in [3.63, 3.8) is 0 Å². The number of methoxy groups -OCH3 is 1. The van der Waals surface area contributed by atoms with E-state index in [0.717, 1.165) is 22.4 Å². The number of amides is 3. The van der Waals surface area contributed by atoms with Gasteiger partial charge in [0.2, 0.25) is 17.7 Å². The second-order valence-electron chi connectivity index (χ2n) is 12.9. The molecule has 2 aliphatic rings. The van der Waals surface area contributed by atoms with E-state index >= 15 is 0 Å². The lowest BCUT2D eigenvalue weighted by molar-refractivity contribution is -0.144. The summed E-state index contributed by atoms with van der Waals surface area (Å²) >= 11 is 0. The largest absolute Gasteiger partial charge is 0.497 e. The number of fused-ring (bicyclic) bond motifs is 1. The van der Waals surface area contributed by atoms with Crippen molar-refractivity contribution < 1.29 is 29.0 Å². The second kappa shape index (κ2) is 16.9. The maximum absolute atomic E-state index is 14.1. The number of aliphatic hydroxyl groups is 1. The lowest BCUT2D eigenvalue weighted by atomic mass is 9.81. The number of nitrogens with one attached hydrogen (secondary N) is 3. The van der Waals surface area contributed by atoms with Gasteiger partial charge in [0.25, 0.3) is 0 Å². The second-order valence-corrected chi connectivity index (χ2v) is 12.9. The Balaban J connectivity index is 1.54. The molecule has 1 fully saturated rings. The van der Waals surface area contributed by atoms with Crippen LogP contribution in [0, 0.1) is 5.92 Å². The van der Waals surface area contributed by atoms with Crippen LogP contribution in [0.25, 0.3) is 0 Å². The fourth-order valence-electron chi connectivity index (χ4n) is 7.07. The van der Waals surface area contributed by atoms with Gasteiger partial charge in [0.05, 0.1) is 32.0 Å². The molecule has 0 bridgehead atoms. The van der Waals surface area contributed by atoms with Crippen molar-refractivity contribution in [1.82, 2.24) is 20.9 Å². The summed E-state index contributed by atoms with van der Waals surface area (Å²) in [6.07, 6.45) is 4.64. The number of likely N-dealkylation sites (tertiary alicyclic amines) is 1. The molecule has 4 N–H and O–H groups in total. The number of rotatable bonds is 18. The van der Waals surface area contributed by atoms with Gasteiger partial charge in [0.15, 0.2) is 0 Å². The third-order valence-electron chi connectivity index (χ3n) is 9.86. The smallest absolute Gasteiger partial charge is 0.249 e. The lowest BCUT2D eigenvalue weighted by Gasteiger charge is -2.36. The van der Waals surface area contributed by atoms with Gasteiger partial charge in [-0.15, -0.1) is 13.2 Å². The summed E-state index contributed by atoms with van der Waals surface area (Å²) in [7, 11) is 1.63. The maximum atomic E-state index is 14.1. The Labute approximate surface area is 285 Å². The SMILES string of the molecule is C=CCO[C@@H]1C[C@H](NC[C@@H](O)[C@H](Cc2ccccc2)NC(=O)[C@H](CC=C)N2CC[C@](NC(C)=O)(C(C)CC)C2=O)c2cc(OC)ccc21. The Morgan fingerprint density at radius 2 is 1.90 bits per heavy atom. The molecule has 1 unspecified atom stereocenters. The molecule has 1 saturated heterocycles. The van der Waals surface area contributed by atoms with E-state index in [-0.39, 0.29) is 48.8 Å². The van der Waals surface area contributed by atoms with Gasteiger partial charge in [-0.05, 0) is 60.4 Å². The van der Waals surface area contributed by atoms with Gasteiger partial charge < -0.3 is 35.4 Å². The van der Waals surface area contributed by atoms with Gasteiger partial charge in [-0.25, -0.2) is 0 Å². The van der Waals surface area contributed by atoms with Crippen LogP contribution < -0.4 is 20.7 Å². The van der Waals surface area contributed by atoms with E-state index in [1.165, 1.54) is 6.92 Å². The highest BCUT2D eigenvalue weighted by Crippen LogP contribution is 2.42. The molecule has 1 heterocycles. The summed E-state index contributed by atoms with van der Waals surface area (Å²) in [6.45, 7) is 13.9. The van der Waals surface area contributed by atoms with Crippen LogP contribution in [-0.2, 0) is 25.5 Å². The van der Waals surface area contributed by atoms with Crippen molar-refractivity contribution in [2.45, 2.75) is 88.7 Å². The number of carbonyl (C=O) groups is 3. The van der Waals surface area contributed by atoms with Crippen molar-refractivity contribution in [2.24, 2.45) is 5.92 Å². The van der Waals surface area contributed by atoms with E-state index in [1.54, 1.807) is 24.2 Å². The number of hydrogen-bond donors (Lipinski definition) is 4. The highest BCUT2D eigenvalue weighted by Gasteiger charge is 2.53. The molecule has 7 atom stereocenters. The van der Waals surface area contributed by atoms with Crippen LogP contribution in [0.15, 0.2) is 73.8 Å². The first-order valence-corrected chi connectivity index (χ1v) is 16.9. The summed E-state index contributed by atoms with van der Waals surface area (Å²) in [5.74, 6) is -0.303. The molecular weight excluding hydrogens is 608 g/mol. The van der Waals surface area contributed by atoms with Gasteiger partial charge >= 0.3 is 0 Å². The quantitative estimate of drug-likeness (QED) is 0.177. The fraction of sp³-hybridized carbons (Fsp3) is 0.500. The zero-order chi connectivity index (χ0) is 34.8. The van der Waals surface area contributed by atoms with Crippen molar-refractivity contribution >= 4 is 17.7 Å². The first kappa shape index (κ1) is 36.8. The molecule has 1 aliphatic heterocycles. The Kier molecular flexibility index (Phi) is 13.0. The molecule has 0 saturated carbocycles. The van der Waals surface area contributed by atoms with Crippen LogP contribution in [0.5, 0.6) is 5.75 Å². The molecule has 0 aromatic heterocycles. The molecule has 4 rings (SSSR count). The van der Waals surface area contributed by atoms with E-state index < -0.39 is 23.7 Å². The molecule has 10 heteroatoms. The maximum Gasteiger partial charge on any atom is 0.249 e. The third-order valence-corrected chi connectivity index (χ3v) is 9.86. The van der Waals surface area contributed by atoms with Gasteiger partial charge in [0.1, 0.15) is 17.3 Å². The van der Waals surface area contributed by atoms with Crippen LogP contribution >= 0.6 is 0 Å².